The van der Waals surface area contributed by atoms with Gasteiger partial charge in [0.15, 0.2) is 0 Å². The standard InChI is InChI=1S/C28H30O3/c29-22-28(23-30-20-26-15-6-2-7-16-26,24-31-21-27-17-8-3-9-18-27)19-11-10-14-25-12-4-1-5-13-25/h1-9,11-13,15-19,22H,10,14,20-21,23-24H2/b19-11+. The number of rotatable bonds is 13. The molecule has 0 aliphatic rings. The van der Waals surface area contributed by atoms with Crippen LogP contribution >= 0.6 is 0 Å². The highest BCUT2D eigenvalue weighted by atomic mass is 16.5. The lowest BCUT2D eigenvalue weighted by Gasteiger charge is -2.24. The maximum absolute atomic E-state index is 12.2. The summed E-state index contributed by atoms with van der Waals surface area (Å²) in [6.45, 7) is 1.49. The predicted molar refractivity (Wildman–Crippen MR) is 125 cm³/mol. The van der Waals surface area contributed by atoms with Crippen molar-refractivity contribution < 1.29 is 14.3 Å². The molecule has 0 spiro atoms. The van der Waals surface area contributed by atoms with Gasteiger partial charge in [0.1, 0.15) is 6.29 Å². The Morgan fingerprint density at radius 3 is 1.55 bits per heavy atom. The highest BCUT2D eigenvalue weighted by molar-refractivity contribution is 5.63. The monoisotopic (exact) mass is 414 g/mol. The molecule has 0 unspecified atom stereocenters. The SMILES string of the molecule is O=CC(/C=C/CCc1ccccc1)(COCc1ccccc1)COCc1ccccc1. The van der Waals surface area contributed by atoms with Crippen molar-refractivity contribution in [3.05, 3.63) is 120 Å². The molecule has 0 saturated heterocycles. The van der Waals surface area contributed by atoms with Crippen molar-refractivity contribution in [1.82, 2.24) is 0 Å². The van der Waals surface area contributed by atoms with Crippen LogP contribution in [0, 0.1) is 5.41 Å². The lowest BCUT2D eigenvalue weighted by atomic mass is 9.90. The van der Waals surface area contributed by atoms with E-state index < -0.39 is 5.41 Å². The van der Waals surface area contributed by atoms with Gasteiger partial charge in [0.25, 0.3) is 0 Å². The number of aryl methyl sites for hydroxylation is 1. The minimum Gasteiger partial charge on any atom is -0.375 e. The minimum absolute atomic E-state index is 0.280. The van der Waals surface area contributed by atoms with Crippen LogP contribution in [-0.4, -0.2) is 19.5 Å². The van der Waals surface area contributed by atoms with Crippen LogP contribution < -0.4 is 0 Å². The van der Waals surface area contributed by atoms with Gasteiger partial charge in [0, 0.05) is 0 Å². The van der Waals surface area contributed by atoms with E-state index in [1.807, 2.05) is 84.9 Å². The van der Waals surface area contributed by atoms with Gasteiger partial charge < -0.3 is 14.3 Å². The zero-order valence-electron chi connectivity index (χ0n) is 17.9. The van der Waals surface area contributed by atoms with E-state index in [2.05, 4.69) is 18.2 Å². The Morgan fingerprint density at radius 2 is 1.10 bits per heavy atom. The van der Waals surface area contributed by atoms with Gasteiger partial charge in [-0.05, 0) is 29.5 Å². The molecule has 31 heavy (non-hydrogen) atoms. The van der Waals surface area contributed by atoms with Gasteiger partial charge in [0.05, 0.1) is 31.8 Å². The molecule has 3 heteroatoms. The van der Waals surface area contributed by atoms with E-state index in [1.54, 1.807) is 0 Å². The van der Waals surface area contributed by atoms with Crippen LogP contribution in [0.2, 0.25) is 0 Å². The molecular formula is C28H30O3. The third-order valence-electron chi connectivity index (χ3n) is 5.09. The molecule has 160 valence electrons. The number of hydrogen-bond donors (Lipinski definition) is 0. The molecule has 3 rings (SSSR count). The van der Waals surface area contributed by atoms with Crippen molar-refractivity contribution in [2.75, 3.05) is 13.2 Å². The first-order valence-corrected chi connectivity index (χ1v) is 10.7. The second kappa shape index (κ2) is 12.6. The van der Waals surface area contributed by atoms with Crippen LogP contribution in [0.4, 0.5) is 0 Å². The smallest absolute Gasteiger partial charge is 0.134 e. The lowest BCUT2D eigenvalue weighted by Crippen LogP contribution is -2.32. The molecule has 3 aromatic rings. The molecule has 0 radical (unpaired) electrons. The van der Waals surface area contributed by atoms with Gasteiger partial charge >= 0.3 is 0 Å². The third-order valence-corrected chi connectivity index (χ3v) is 5.09. The molecule has 0 fully saturated rings. The van der Waals surface area contributed by atoms with Gasteiger partial charge in [-0.15, -0.1) is 0 Å². The maximum atomic E-state index is 12.2. The normalized spacial score (nSPS) is 11.6. The van der Waals surface area contributed by atoms with E-state index in [4.69, 9.17) is 9.47 Å². The Labute approximate surface area is 185 Å². The van der Waals surface area contributed by atoms with E-state index in [9.17, 15) is 4.79 Å². The zero-order valence-corrected chi connectivity index (χ0v) is 17.9. The van der Waals surface area contributed by atoms with Crippen LogP contribution in [0.3, 0.4) is 0 Å². The Morgan fingerprint density at radius 1 is 0.645 bits per heavy atom. The molecule has 0 bridgehead atoms. The maximum Gasteiger partial charge on any atom is 0.134 e. The summed E-state index contributed by atoms with van der Waals surface area (Å²) >= 11 is 0. The molecule has 0 amide bonds. The van der Waals surface area contributed by atoms with Gasteiger partial charge in [-0.1, -0.05) is 103 Å². The minimum atomic E-state index is -0.805. The molecule has 3 aromatic carbocycles. The summed E-state index contributed by atoms with van der Waals surface area (Å²) in [4.78, 5) is 12.2. The number of hydrogen-bond acceptors (Lipinski definition) is 3. The first-order chi connectivity index (χ1) is 15.3. The van der Waals surface area contributed by atoms with Crippen molar-refractivity contribution in [1.29, 1.82) is 0 Å². The Balaban J connectivity index is 1.59. The number of carbonyl (C=O) groups excluding carboxylic acids is 1. The van der Waals surface area contributed by atoms with Crippen molar-refractivity contribution in [2.24, 2.45) is 5.41 Å². The quantitative estimate of drug-likeness (QED) is 0.262. The number of allylic oxidation sites excluding steroid dienone is 1. The Kier molecular flexibility index (Phi) is 9.24. The zero-order chi connectivity index (χ0) is 21.6. The molecule has 0 aliphatic carbocycles. The van der Waals surface area contributed by atoms with Gasteiger partial charge in [-0.25, -0.2) is 0 Å². The topological polar surface area (TPSA) is 35.5 Å². The van der Waals surface area contributed by atoms with Gasteiger partial charge in [0.2, 0.25) is 0 Å². The van der Waals surface area contributed by atoms with Crippen LogP contribution in [0.15, 0.2) is 103 Å². The van der Waals surface area contributed by atoms with Crippen molar-refractivity contribution >= 4 is 6.29 Å². The van der Waals surface area contributed by atoms with Crippen LogP contribution in [0.1, 0.15) is 23.1 Å². The van der Waals surface area contributed by atoms with Gasteiger partial charge in [-0.2, -0.15) is 0 Å². The highest BCUT2D eigenvalue weighted by Gasteiger charge is 2.28. The Hall–Kier alpha value is -3.01. The molecular weight excluding hydrogens is 384 g/mol. The summed E-state index contributed by atoms with van der Waals surface area (Å²) in [5.74, 6) is 0. The average Bonchev–Trinajstić information content (AvgIpc) is 2.83. The van der Waals surface area contributed by atoms with Crippen LogP contribution in [0.5, 0.6) is 0 Å². The average molecular weight is 415 g/mol. The van der Waals surface area contributed by atoms with Crippen molar-refractivity contribution in [3.8, 4) is 0 Å². The van der Waals surface area contributed by atoms with Gasteiger partial charge in [-0.3, -0.25) is 0 Å². The fourth-order valence-corrected chi connectivity index (χ4v) is 3.32. The first-order valence-electron chi connectivity index (χ1n) is 10.7. The first kappa shape index (κ1) is 22.7. The predicted octanol–water partition coefficient (Wildman–Crippen LogP) is 5.79. The molecule has 0 heterocycles. The largest absolute Gasteiger partial charge is 0.375 e. The van der Waals surface area contributed by atoms with Crippen LogP contribution in [-0.2, 0) is 33.9 Å². The van der Waals surface area contributed by atoms with E-state index >= 15 is 0 Å². The summed E-state index contributed by atoms with van der Waals surface area (Å²) in [7, 11) is 0. The molecule has 3 nitrogen and oxygen atoms in total. The Bertz CT molecular complexity index is 859. The summed E-state index contributed by atoms with van der Waals surface area (Å²) in [6.07, 6.45) is 6.78. The van der Waals surface area contributed by atoms with E-state index in [-0.39, 0.29) is 13.2 Å². The van der Waals surface area contributed by atoms with E-state index in [0.29, 0.717) is 13.2 Å². The van der Waals surface area contributed by atoms with Crippen molar-refractivity contribution in [2.45, 2.75) is 26.1 Å². The van der Waals surface area contributed by atoms with Crippen molar-refractivity contribution in [3.63, 3.8) is 0 Å². The summed E-state index contributed by atoms with van der Waals surface area (Å²) in [5, 5.41) is 0. The van der Waals surface area contributed by atoms with Crippen LogP contribution in [0.25, 0.3) is 0 Å². The molecule has 0 aliphatic heterocycles. The molecule has 0 saturated carbocycles. The third kappa shape index (κ3) is 7.97. The number of aldehydes is 1. The fraction of sp³-hybridized carbons (Fsp3) is 0.250. The summed E-state index contributed by atoms with van der Waals surface area (Å²) < 4.78 is 11.9. The molecule has 0 atom stereocenters. The van der Waals surface area contributed by atoms with E-state index in [1.165, 1.54) is 5.56 Å². The molecule has 0 aromatic heterocycles. The van der Waals surface area contributed by atoms with E-state index in [0.717, 1.165) is 30.3 Å². The lowest BCUT2D eigenvalue weighted by molar-refractivity contribution is -0.121. The number of ether oxygens (including phenoxy) is 2. The fourth-order valence-electron chi connectivity index (χ4n) is 3.32. The summed E-state index contributed by atoms with van der Waals surface area (Å²) in [5.41, 5.74) is 2.64. The number of carbonyl (C=O) groups is 1. The summed E-state index contributed by atoms with van der Waals surface area (Å²) in [6, 6.07) is 30.3. The second-order valence-electron chi connectivity index (χ2n) is 7.73. The second-order valence-corrected chi connectivity index (χ2v) is 7.73. The number of benzene rings is 3. The highest BCUT2D eigenvalue weighted by Crippen LogP contribution is 2.21. The molecule has 0 N–H and O–H groups in total.